The predicted molar refractivity (Wildman–Crippen MR) is 91.6 cm³/mol. The Labute approximate surface area is 153 Å². The van der Waals surface area contributed by atoms with Gasteiger partial charge in [-0.3, -0.25) is 0 Å². The fourth-order valence-corrected chi connectivity index (χ4v) is 2.83. The van der Waals surface area contributed by atoms with Crippen LogP contribution in [0.2, 0.25) is 0 Å². The van der Waals surface area contributed by atoms with Gasteiger partial charge >= 0.3 is 6.18 Å². The quantitative estimate of drug-likeness (QED) is 0.801. The van der Waals surface area contributed by atoms with Crippen LogP contribution in [-0.4, -0.2) is 38.3 Å². The Kier molecular flexibility index (Phi) is 5.69. The van der Waals surface area contributed by atoms with Crippen molar-refractivity contribution in [2.75, 3.05) is 38.2 Å². The van der Waals surface area contributed by atoms with E-state index in [9.17, 15) is 17.6 Å². The summed E-state index contributed by atoms with van der Waals surface area (Å²) in [5.41, 5.74) is -0.684. The van der Waals surface area contributed by atoms with Crippen molar-refractivity contribution in [3.63, 3.8) is 0 Å². The summed E-state index contributed by atoms with van der Waals surface area (Å²) in [7, 11) is 1.39. The molecule has 2 heterocycles. The van der Waals surface area contributed by atoms with Crippen molar-refractivity contribution in [3.05, 3.63) is 47.3 Å². The minimum absolute atomic E-state index is 0.292. The Morgan fingerprint density at radius 2 is 1.89 bits per heavy atom. The zero-order valence-electron chi connectivity index (χ0n) is 14.6. The van der Waals surface area contributed by atoms with Gasteiger partial charge in [-0.2, -0.15) is 18.2 Å². The van der Waals surface area contributed by atoms with E-state index in [1.807, 2.05) is 4.90 Å². The summed E-state index contributed by atoms with van der Waals surface area (Å²) in [6, 6.07) is 6.05. The first kappa shape index (κ1) is 19.2. The van der Waals surface area contributed by atoms with Gasteiger partial charge in [0.2, 0.25) is 5.88 Å². The van der Waals surface area contributed by atoms with Gasteiger partial charge in [-0.25, -0.2) is 4.39 Å². The number of aromatic nitrogens is 1. The Bertz CT molecular complexity index is 793. The average molecular weight is 385 g/mol. The van der Waals surface area contributed by atoms with E-state index in [2.05, 4.69) is 10.3 Å². The maximum atomic E-state index is 13.5. The lowest BCUT2D eigenvalue weighted by atomic mass is 10.2. The molecule has 3 rings (SSSR count). The number of nitrogens with one attached hydrogen (secondary N) is 1. The van der Waals surface area contributed by atoms with Gasteiger partial charge in [0.15, 0.2) is 0 Å². The van der Waals surface area contributed by atoms with Crippen molar-refractivity contribution in [2.45, 2.75) is 12.8 Å². The molecule has 146 valence electrons. The van der Waals surface area contributed by atoms with Crippen LogP contribution in [0, 0.1) is 5.82 Å². The fourth-order valence-electron chi connectivity index (χ4n) is 2.83. The summed E-state index contributed by atoms with van der Waals surface area (Å²) < 4.78 is 63.9. The summed E-state index contributed by atoms with van der Waals surface area (Å²) in [5, 5.41) is 3.17. The summed E-state index contributed by atoms with van der Waals surface area (Å²) in [6.07, 6.45) is -4.61. The first-order valence-corrected chi connectivity index (χ1v) is 8.37. The van der Waals surface area contributed by atoms with Crippen LogP contribution in [0.15, 0.2) is 30.3 Å². The molecule has 1 aliphatic rings. The van der Waals surface area contributed by atoms with Crippen LogP contribution in [-0.2, 0) is 12.8 Å². The summed E-state index contributed by atoms with van der Waals surface area (Å²) in [4.78, 5) is 5.96. The highest BCUT2D eigenvalue weighted by molar-refractivity contribution is 5.45. The molecule has 1 saturated heterocycles. The number of alkyl halides is 3. The molecule has 0 radical (unpaired) electrons. The number of ether oxygens (including phenoxy) is 2. The molecule has 27 heavy (non-hydrogen) atoms. The topological polar surface area (TPSA) is 46.6 Å². The smallest absolute Gasteiger partial charge is 0.421 e. The fraction of sp³-hybridized carbons (Fsp3) is 0.389. The molecule has 5 nitrogen and oxygen atoms in total. The first-order chi connectivity index (χ1) is 12.9. The molecule has 2 aromatic rings. The molecule has 0 aliphatic carbocycles. The number of halogens is 4. The minimum atomic E-state index is -4.61. The number of benzene rings is 1. The van der Waals surface area contributed by atoms with Crippen LogP contribution >= 0.6 is 0 Å². The maximum Gasteiger partial charge on any atom is 0.421 e. The highest BCUT2D eigenvalue weighted by Gasteiger charge is 2.36. The lowest BCUT2D eigenvalue weighted by Crippen LogP contribution is -2.43. The van der Waals surface area contributed by atoms with Gasteiger partial charge in [0.1, 0.15) is 29.6 Å². The van der Waals surface area contributed by atoms with Gasteiger partial charge in [-0.15, -0.1) is 0 Å². The Balaban J connectivity index is 1.88. The molecule has 0 unspecified atom stereocenters. The molecule has 1 aromatic heterocycles. The van der Waals surface area contributed by atoms with Crippen LogP contribution in [0.25, 0.3) is 0 Å². The van der Waals surface area contributed by atoms with Crippen LogP contribution < -0.4 is 19.7 Å². The Hall–Kier alpha value is -2.55. The van der Waals surface area contributed by atoms with Crippen LogP contribution in [0.3, 0.4) is 0 Å². The van der Waals surface area contributed by atoms with E-state index in [0.717, 1.165) is 25.2 Å². The van der Waals surface area contributed by atoms with E-state index in [1.165, 1.54) is 25.3 Å². The van der Waals surface area contributed by atoms with Gasteiger partial charge in [-0.1, -0.05) is 0 Å². The summed E-state index contributed by atoms with van der Waals surface area (Å²) in [5.74, 6) is -0.341. The molecule has 1 aliphatic heterocycles. The second kappa shape index (κ2) is 7.99. The van der Waals surface area contributed by atoms with E-state index in [-0.39, 0.29) is 6.61 Å². The molecule has 0 spiro atoms. The Morgan fingerprint density at radius 1 is 1.15 bits per heavy atom. The van der Waals surface area contributed by atoms with E-state index in [1.54, 1.807) is 0 Å². The monoisotopic (exact) mass is 385 g/mol. The van der Waals surface area contributed by atoms with Crippen molar-refractivity contribution in [2.24, 2.45) is 0 Å². The van der Waals surface area contributed by atoms with E-state index in [0.29, 0.717) is 30.2 Å². The number of rotatable bonds is 5. The highest BCUT2D eigenvalue weighted by atomic mass is 19.4. The normalized spacial score (nSPS) is 14.9. The number of hydrogen-bond donors (Lipinski definition) is 1. The molecule has 0 saturated carbocycles. The second-order valence-electron chi connectivity index (χ2n) is 6.00. The van der Waals surface area contributed by atoms with Crippen molar-refractivity contribution < 1.29 is 27.0 Å². The zero-order valence-corrected chi connectivity index (χ0v) is 14.6. The lowest BCUT2D eigenvalue weighted by molar-refractivity contribution is -0.139. The van der Waals surface area contributed by atoms with Crippen LogP contribution in [0.1, 0.15) is 11.1 Å². The third-order valence-electron chi connectivity index (χ3n) is 4.20. The molecule has 9 heteroatoms. The average Bonchev–Trinajstić information content (AvgIpc) is 2.66. The maximum absolute atomic E-state index is 13.5. The highest BCUT2D eigenvalue weighted by Crippen LogP contribution is 2.37. The van der Waals surface area contributed by atoms with E-state index in [4.69, 9.17) is 9.47 Å². The van der Waals surface area contributed by atoms with Gasteiger partial charge < -0.3 is 19.7 Å². The molecular formula is C18H19F4N3O2. The molecule has 1 N–H and O–H groups in total. The van der Waals surface area contributed by atoms with Crippen molar-refractivity contribution >= 4 is 5.82 Å². The molecule has 0 bridgehead atoms. The molecule has 1 fully saturated rings. The molecule has 0 amide bonds. The standard InChI is InChI=1S/C18H19F4N3O2/c1-26-15-4-2-13(19)10-12(15)11-27-17-14(18(20,21)22)3-5-16(24-17)25-8-6-23-7-9-25/h2-5,10,23H,6-9,11H2,1H3. The summed E-state index contributed by atoms with van der Waals surface area (Å²) in [6.45, 7) is 2.41. The van der Waals surface area contributed by atoms with E-state index >= 15 is 0 Å². The van der Waals surface area contributed by atoms with Gasteiger partial charge in [0, 0.05) is 31.7 Å². The number of piperazine rings is 1. The molecule has 1 aromatic carbocycles. The first-order valence-electron chi connectivity index (χ1n) is 8.37. The SMILES string of the molecule is COc1ccc(F)cc1COc1nc(N2CCNCC2)ccc1C(F)(F)F. The van der Waals surface area contributed by atoms with E-state index < -0.39 is 23.4 Å². The van der Waals surface area contributed by atoms with Crippen LogP contribution in [0.5, 0.6) is 11.6 Å². The summed E-state index contributed by atoms with van der Waals surface area (Å²) >= 11 is 0. The van der Waals surface area contributed by atoms with Crippen molar-refractivity contribution in [1.82, 2.24) is 10.3 Å². The van der Waals surface area contributed by atoms with Gasteiger partial charge in [-0.05, 0) is 30.3 Å². The number of nitrogens with zero attached hydrogens (tertiary/aromatic N) is 2. The number of hydrogen-bond acceptors (Lipinski definition) is 5. The Morgan fingerprint density at radius 3 is 2.56 bits per heavy atom. The lowest BCUT2D eigenvalue weighted by Gasteiger charge is -2.29. The van der Waals surface area contributed by atoms with Gasteiger partial charge in [0.05, 0.1) is 7.11 Å². The minimum Gasteiger partial charge on any atom is -0.496 e. The number of methoxy groups -OCH3 is 1. The van der Waals surface area contributed by atoms with Crippen LogP contribution in [0.4, 0.5) is 23.4 Å². The molecule has 0 atom stereocenters. The second-order valence-corrected chi connectivity index (χ2v) is 6.00. The largest absolute Gasteiger partial charge is 0.496 e. The zero-order chi connectivity index (χ0) is 19.4. The predicted octanol–water partition coefficient (Wildman–Crippen LogP) is 3.24. The van der Waals surface area contributed by atoms with Gasteiger partial charge in [0.25, 0.3) is 0 Å². The third kappa shape index (κ3) is 4.60. The molecular weight excluding hydrogens is 366 g/mol. The number of anilines is 1. The van der Waals surface area contributed by atoms with Crippen molar-refractivity contribution in [1.29, 1.82) is 0 Å². The van der Waals surface area contributed by atoms with Crippen molar-refractivity contribution in [3.8, 4) is 11.6 Å². The third-order valence-corrected chi connectivity index (χ3v) is 4.20. The number of pyridine rings is 1.